The van der Waals surface area contributed by atoms with Gasteiger partial charge in [-0.3, -0.25) is 14.6 Å². The number of amides is 2. The van der Waals surface area contributed by atoms with E-state index in [1.807, 2.05) is 30.3 Å². The molecule has 0 aliphatic carbocycles. The molecule has 3 heterocycles. The van der Waals surface area contributed by atoms with Gasteiger partial charge >= 0.3 is 0 Å². The second-order valence-electron chi connectivity index (χ2n) is 7.48. The summed E-state index contributed by atoms with van der Waals surface area (Å²) in [5.41, 5.74) is 1.78. The van der Waals surface area contributed by atoms with Gasteiger partial charge in [-0.15, -0.1) is 0 Å². The van der Waals surface area contributed by atoms with Crippen LogP contribution < -0.4 is 0 Å². The zero-order valence-electron chi connectivity index (χ0n) is 16.5. The van der Waals surface area contributed by atoms with Crippen LogP contribution in [-0.2, 0) is 16.0 Å². The molecule has 0 radical (unpaired) electrons. The molecular weight excluding hydrogens is 370 g/mol. The number of benzene rings is 1. The number of carbonyl (C=O) groups excluding carboxylic acids is 2. The fourth-order valence-corrected chi connectivity index (χ4v) is 3.82. The number of carbonyl (C=O) groups is 2. The summed E-state index contributed by atoms with van der Waals surface area (Å²) in [6.07, 6.45) is 2.84. The summed E-state index contributed by atoms with van der Waals surface area (Å²) in [6, 6.07) is 13.0. The first-order chi connectivity index (χ1) is 14.1. The summed E-state index contributed by atoms with van der Waals surface area (Å²) >= 11 is 0. The van der Waals surface area contributed by atoms with Crippen molar-refractivity contribution in [1.29, 1.82) is 0 Å². The van der Waals surface area contributed by atoms with Crippen molar-refractivity contribution in [2.75, 3.05) is 33.4 Å². The molecule has 0 unspecified atom stereocenters. The van der Waals surface area contributed by atoms with Crippen molar-refractivity contribution in [1.82, 2.24) is 14.8 Å². The Morgan fingerprint density at radius 2 is 1.79 bits per heavy atom. The van der Waals surface area contributed by atoms with Crippen molar-refractivity contribution >= 4 is 11.8 Å². The molecule has 2 aliphatic heterocycles. The first-order valence-corrected chi connectivity index (χ1v) is 9.89. The minimum Gasteiger partial charge on any atom is -0.347 e. The number of likely N-dealkylation sites (tertiary alicyclic amines) is 1. The van der Waals surface area contributed by atoms with Crippen molar-refractivity contribution in [3.05, 3.63) is 65.5 Å². The van der Waals surface area contributed by atoms with Gasteiger partial charge in [0.25, 0.3) is 11.8 Å². The number of hydrogen-bond donors (Lipinski definition) is 0. The smallest absolute Gasteiger partial charge is 0.272 e. The van der Waals surface area contributed by atoms with Crippen LogP contribution in [0.4, 0.5) is 0 Å². The number of pyridine rings is 1. The second-order valence-corrected chi connectivity index (χ2v) is 7.48. The van der Waals surface area contributed by atoms with E-state index < -0.39 is 5.79 Å². The summed E-state index contributed by atoms with van der Waals surface area (Å²) in [7, 11) is 1.73. The highest BCUT2D eigenvalue weighted by Gasteiger charge is 2.40. The summed E-state index contributed by atoms with van der Waals surface area (Å²) in [4.78, 5) is 33.3. The molecule has 2 saturated heterocycles. The molecule has 0 bridgehead atoms. The number of piperidine rings is 1. The monoisotopic (exact) mass is 395 g/mol. The van der Waals surface area contributed by atoms with E-state index in [4.69, 9.17) is 9.47 Å². The fraction of sp³-hybridized carbons (Fsp3) is 0.409. The first kappa shape index (κ1) is 19.5. The summed E-state index contributed by atoms with van der Waals surface area (Å²) in [5.74, 6) is -0.829. The predicted octanol–water partition coefficient (Wildman–Crippen LogP) is 2.33. The topological polar surface area (TPSA) is 72.0 Å². The Bertz CT molecular complexity index is 871. The van der Waals surface area contributed by atoms with E-state index in [1.165, 1.54) is 6.20 Å². The van der Waals surface area contributed by atoms with E-state index in [0.717, 1.165) is 5.56 Å². The Kier molecular flexibility index (Phi) is 5.60. The fourth-order valence-electron chi connectivity index (χ4n) is 3.82. The van der Waals surface area contributed by atoms with Crippen LogP contribution in [0.2, 0.25) is 0 Å². The lowest BCUT2D eigenvalue weighted by Gasteiger charge is -2.37. The number of rotatable bonds is 4. The Balaban J connectivity index is 1.41. The minimum absolute atomic E-state index is 0.0972. The van der Waals surface area contributed by atoms with Crippen molar-refractivity contribution in [3.63, 3.8) is 0 Å². The molecule has 7 nitrogen and oxygen atoms in total. The van der Waals surface area contributed by atoms with Gasteiger partial charge in [-0.1, -0.05) is 30.3 Å². The van der Waals surface area contributed by atoms with E-state index in [1.54, 1.807) is 29.0 Å². The molecule has 1 spiro atoms. The maximum absolute atomic E-state index is 12.9. The van der Waals surface area contributed by atoms with Gasteiger partial charge in [-0.2, -0.15) is 0 Å². The molecule has 4 rings (SSSR count). The van der Waals surface area contributed by atoms with E-state index in [9.17, 15) is 9.59 Å². The van der Waals surface area contributed by atoms with Crippen LogP contribution >= 0.6 is 0 Å². The van der Waals surface area contributed by atoms with Crippen molar-refractivity contribution in [2.24, 2.45) is 0 Å². The summed E-state index contributed by atoms with van der Waals surface area (Å²) < 4.78 is 11.4. The van der Waals surface area contributed by atoms with Crippen molar-refractivity contribution < 1.29 is 19.1 Å². The summed E-state index contributed by atoms with van der Waals surface area (Å²) in [5, 5.41) is 0. The van der Waals surface area contributed by atoms with Gasteiger partial charge in [-0.25, -0.2) is 0 Å². The Hall–Kier alpha value is -2.77. The van der Waals surface area contributed by atoms with E-state index in [-0.39, 0.29) is 17.5 Å². The quantitative estimate of drug-likeness (QED) is 0.795. The van der Waals surface area contributed by atoms with Crippen molar-refractivity contribution in [3.8, 4) is 0 Å². The predicted molar refractivity (Wildman–Crippen MR) is 106 cm³/mol. The second kappa shape index (κ2) is 8.31. The molecule has 0 atom stereocenters. The Labute approximate surface area is 170 Å². The van der Waals surface area contributed by atoms with Gasteiger partial charge in [0.15, 0.2) is 5.79 Å². The molecule has 0 saturated carbocycles. The SMILES string of the molecule is CN(Cc1ccccc1)C(=O)c1cc(C(=O)N2CCC3(CC2)OCCO3)ccn1. The largest absolute Gasteiger partial charge is 0.347 e. The van der Waals surface area contributed by atoms with E-state index in [0.29, 0.717) is 51.3 Å². The zero-order chi connectivity index (χ0) is 20.3. The molecule has 2 aromatic rings. The Morgan fingerprint density at radius 3 is 2.48 bits per heavy atom. The van der Waals surface area contributed by atoms with Gasteiger partial charge in [0.1, 0.15) is 5.69 Å². The van der Waals surface area contributed by atoms with Gasteiger partial charge < -0.3 is 19.3 Å². The lowest BCUT2D eigenvalue weighted by atomic mass is 10.0. The Morgan fingerprint density at radius 1 is 1.10 bits per heavy atom. The molecule has 0 N–H and O–H groups in total. The average Bonchev–Trinajstić information content (AvgIpc) is 3.22. The lowest BCUT2D eigenvalue weighted by Crippen LogP contribution is -2.47. The lowest BCUT2D eigenvalue weighted by molar-refractivity contribution is -0.181. The highest BCUT2D eigenvalue weighted by molar-refractivity contribution is 5.98. The third kappa shape index (κ3) is 4.31. The third-order valence-corrected chi connectivity index (χ3v) is 5.46. The number of nitrogens with zero attached hydrogens (tertiary/aromatic N) is 3. The van der Waals surface area contributed by atoms with Crippen LogP contribution in [0.15, 0.2) is 48.7 Å². The van der Waals surface area contributed by atoms with E-state index >= 15 is 0 Å². The van der Waals surface area contributed by atoms with Gasteiger partial charge in [0.05, 0.1) is 13.2 Å². The molecule has 1 aromatic heterocycles. The number of hydrogen-bond acceptors (Lipinski definition) is 5. The van der Waals surface area contributed by atoms with Crippen molar-refractivity contribution in [2.45, 2.75) is 25.2 Å². The number of ether oxygens (including phenoxy) is 2. The molecule has 2 fully saturated rings. The highest BCUT2D eigenvalue weighted by Crippen LogP contribution is 2.31. The standard InChI is InChI=1S/C22H25N3O4/c1-24(16-17-5-3-2-4-6-17)21(27)19-15-18(7-10-23-19)20(26)25-11-8-22(9-12-25)28-13-14-29-22/h2-7,10,15H,8-9,11-14,16H2,1H3. The average molecular weight is 395 g/mol. The first-order valence-electron chi connectivity index (χ1n) is 9.89. The molecule has 7 heteroatoms. The normalized spacial score (nSPS) is 18.0. The molecule has 2 aliphatic rings. The zero-order valence-corrected chi connectivity index (χ0v) is 16.5. The molecule has 29 heavy (non-hydrogen) atoms. The van der Waals surface area contributed by atoms with Crippen LogP contribution in [0.1, 0.15) is 39.3 Å². The van der Waals surface area contributed by atoms with Crippen LogP contribution in [0.25, 0.3) is 0 Å². The highest BCUT2D eigenvalue weighted by atomic mass is 16.7. The minimum atomic E-state index is -0.518. The van der Waals surface area contributed by atoms with Gasteiger partial charge in [0.2, 0.25) is 0 Å². The van der Waals surface area contributed by atoms with Gasteiger partial charge in [-0.05, 0) is 17.7 Å². The number of aromatic nitrogens is 1. The maximum atomic E-state index is 12.9. The molecule has 2 amide bonds. The molecule has 152 valence electrons. The molecule has 1 aromatic carbocycles. The third-order valence-electron chi connectivity index (χ3n) is 5.46. The molecular formula is C22H25N3O4. The van der Waals surface area contributed by atoms with Crippen LogP contribution in [0.5, 0.6) is 0 Å². The van der Waals surface area contributed by atoms with Gasteiger partial charge in [0, 0.05) is 51.3 Å². The van der Waals surface area contributed by atoms with Crippen LogP contribution in [0.3, 0.4) is 0 Å². The van der Waals surface area contributed by atoms with E-state index in [2.05, 4.69) is 4.98 Å². The van der Waals surface area contributed by atoms with Crippen LogP contribution in [0, 0.1) is 0 Å². The van der Waals surface area contributed by atoms with Crippen LogP contribution in [-0.4, -0.2) is 65.7 Å². The maximum Gasteiger partial charge on any atom is 0.272 e. The summed E-state index contributed by atoms with van der Waals surface area (Å²) in [6.45, 7) is 2.84.